The lowest BCUT2D eigenvalue weighted by Gasteiger charge is -2.31. The number of likely N-dealkylation sites (tertiary alicyclic amines) is 1. The number of carbonyl (C=O) groups is 1. The number of benzene rings is 2. The van der Waals surface area contributed by atoms with E-state index in [0.717, 1.165) is 36.5 Å². The molecule has 1 fully saturated rings. The van der Waals surface area contributed by atoms with Crippen molar-refractivity contribution in [2.24, 2.45) is 0 Å². The lowest BCUT2D eigenvalue weighted by Crippen LogP contribution is -2.41. The minimum Gasteiger partial charge on any atom is -0.497 e. The summed E-state index contributed by atoms with van der Waals surface area (Å²) < 4.78 is 16.6. The van der Waals surface area contributed by atoms with E-state index >= 15 is 0 Å². The van der Waals surface area contributed by atoms with Gasteiger partial charge in [0.25, 0.3) is 5.91 Å². The Morgan fingerprint density at radius 1 is 1.10 bits per heavy atom. The number of ether oxygens (including phenoxy) is 2. The van der Waals surface area contributed by atoms with Crippen molar-refractivity contribution < 1.29 is 18.8 Å². The molecule has 1 aromatic heterocycles. The second-order valence-electron chi connectivity index (χ2n) is 7.98. The minimum atomic E-state index is -0.103. The van der Waals surface area contributed by atoms with Crippen LogP contribution in [0.3, 0.4) is 0 Å². The molecule has 1 saturated heterocycles. The van der Waals surface area contributed by atoms with Gasteiger partial charge in [0.15, 0.2) is 0 Å². The van der Waals surface area contributed by atoms with Crippen LogP contribution in [0.5, 0.6) is 11.5 Å². The fourth-order valence-corrected chi connectivity index (χ4v) is 3.90. The fourth-order valence-electron chi connectivity index (χ4n) is 3.90. The molecule has 1 amide bonds. The molecule has 6 heteroatoms. The molecule has 1 aliphatic heterocycles. The summed E-state index contributed by atoms with van der Waals surface area (Å²) in [5, 5.41) is 4.13. The lowest BCUT2D eigenvalue weighted by atomic mass is 9.96. The maximum absolute atomic E-state index is 12.8. The number of piperidine rings is 1. The van der Waals surface area contributed by atoms with Crippen molar-refractivity contribution in [1.82, 2.24) is 10.1 Å². The van der Waals surface area contributed by atoms with Gasteiger partial charge in [0, 0.05) is 32.0 Å². The number of rotatable bonds is 7. The Morgan fingerprint density at radius 3 is 2.45 bits per heavy atom. The minimum absolute atomic E-state index is 0.0921. The Balaban J connectivity index is 1.28. The van der Waals surface area contributed by atoms with Crippen LogP contribution in [-0.2, 0) is 6.42 Å². The first kappa shape index (κ1) is 21.0. The highest BCUT2D eigenvalue weighted by Gasteiger charge is 2.27. The molecule has 3 aromatic rings. The van der Waals surface area contributed by atoms with E-state index in [2.05, 4.69) is 24.2 Å². The number of amides is 1. The van der Waals surface area contributed by atoms with E-state index in [9.17, 15) is 4.79 Å². The van der Waals surface area contributed by atoms with E-state index in [0.29, 0.717) is 24.8 Å². The van der Waals surface area contributed by atoms with Crippen molar-refractivity contribution in [3.05, 3.63) is 77.7 Å². The van der Waals surface area contributed by atoms with Gasteiger partial charge < -0.3 is 18.9 Å². The SMILES string of the molecule is COc1ccc(OC2CCN(C(=O)c3cc(CC(C)c4ccccc4)no3)CC2)cc1. The average Bonchev–Trinajstić information content (AvgIpc) is 3.28. The molecule has 4 rings (SSSR count). The summed E-state index contributed by atoms with van der Waals surface area (Å²) in [5.74, 6) is 2.13. The first-order valence-electron chi connectivity index (χ1n) is 10.7. The van der Waals surface area contributed by atoms with Crippen LogP contribution < -0.4 is 9.47 Å². The van der Waals surface area contributed by atoms with Gasteiger partial charge in [-0.15, -0.1) is 0 Å². The molecule has 162 valence electrons. The Labute approximate surface area is 182 Å². The first-order valence-corrected chi connectivity index (χ1v) is 10.7. The number of carbonyl (C=O) groups excluding carboxylic acids is 1. The zero-order chi connectivity index (χ0) is 21.6. The number of hydrogen-bond acceptors (Lipinski definition) is 5. The third-order valence-corrected chi connectivity index (χ3v) is 5.75. The van der Waals surface area contributed by atoms with Gasteiger partial charge in [0.05, 0.1) is 12.8 Å². The van der Waals surface area contributed by atoms with Gasteiger partial charge in [-0.1, -0.05) is 42.4 Å². The quantitative estimate of drug-likeness (QED) is 0.554. The van der Waals surface area contributed by atoms with Crippen LogP contribution >= 0.6 is 0 Å². The molecule has 1 unspecified atom stereocenters. The smallest absolute Gasteiger partial charge is 0.292 e. The van der Waals surface area contributed by atoms with Crippen LogP contribution in [0.4, 0.5) is 0 Å². The molecule has 2 aromatic carbocycles. The van der Waals surface area contributed by atoms with Crippen molar-refractivity contribution in [2.75, 3.05) is 20.2 Å². The van der Waals surface area contributed by atoms with Crippen LogP contribution in [0.2, 0.25) is 0 Å². The van der Waals surface area contributed by atoms with E-state index in [1.807, 2.05) is 47.4 Å². The van der Waals surface area contributed by atoms with Gasteiger partial charge in [-0.25, -0.2) is 0 Å². The summed E-state index contributed by atoms with van der Waals surface area (Å²) in [4.78, 5) is 14.7. The van der Waals surface area contributed by atoms with Crippen LogP contribution in [0.25, 0.3) is 0 Å². The van der Waals surface area contributed by atoms with Gasteiger partial charge in [-0.05, 0) is 42.2 Å². The maximum atomic E-state index is 12.8. The van der Waals surface area contributed by atoms with E-state index in [4.69, 9.17) is 14.0 Å². The van der Waals surface area contributed by atoms with Gasteiger partial charge in [-0.3, -0.25) is 4.79 Å². The predicted molar refractivity (Wildman–Crippen MR) is 118 cm³/mol. The van der Waals surface area contributed by atoms with Crippen LogP contribution in [0, 0.1) is 0 Å². The normalized spacial score (nSPS) is 15.5. The van der Waals surface area contributed by atoms with Gasteiger partial charge in [0.2, 0.25) is 5.76 Å². The monoisotopic (exact) mass is 420 g/mol. The molecule has 0 bridgehead atoms. The van der Waals surface area contributed by atoms with Gasteiger partial charge in [-0.2, -0.15) is 0 Å². The molecular weight excluding hydrogens is 392 g/mol. The molecule has 0 aliphatic carbocycles. The predicted octanol–water partition coefficient (Wildman–Crippen LogP) is 4.71. The molecule has 0 spiro atoms. The zero-order valence-electron chi connectivity index (χ0n) is 18.0. The summed E-state index contributed by atoms with van der Waals surface area (Å²) in [6.07, 6.45) is 2.39. The summed E-state index contributed by atoms with van der Waals surface area (Å²) in [5.41, 5.74) is 2.05. The van der Waals surface area contributed by atoms with E-state index in [1.165, 1.54) is 5.56 Å². The van der Waals surface area contributed by atoms with Crippen LogP contribution in [0.1, 0.15) is 47.5 Å². The molecule has 0 saturated carbocycles. The molecule has 1 aliphatic rings. The maximum Gasteiger partial charge on any atom is 0.292 e. The lowest BCUT2D eigenvalue weighted by molar-refractivity contribution is 0.0558. The molecule has 31 heavy (non-hydrogen) atoms. The van der Waals surface area contributed by atoms with Crippen molar-refractivity contribution >= 4 is 5.91 Å². The summed E-state index contributed by atoms with van der Waals surface area (Å²) >= 11 is 0. The standard InChI is InChI=1S/C25H28N2O4/c1-18(19-6-4-3-5-7-19)16-20-17-24(31-26-20)25(28)27-14-12-23(13-15-27)30-22-10-8-21(29-2)9-11-22/h3-11,17-18,23H,12-16H2,1-2H3. The summed E-state index contributed by atoms with van der Waals surface area (Å²) in [6, 6.07) is 19.6. The Hall–Kier alpha value is -3.28. The number of nitrogens with zero attached hydrogens (tertiary/aromatic N) is 2. The molecular formula is C25H28N2O4. The molecule has 0 radical (unpaired) electrons. The Bertz CT molecular complexity index is 976. The van der Waals surface area contributed by atoms with Crippen molar-refractivity contribution in [1.29, 1.82) is 0 Å². The van der Waals surface area contributed by atoms with Crippen molar-refractivity contribution in [3.8, 4) is 11.5 Å². The van der Waals surface area contributed by atoms with E-state index in [-0.39, 0.29) is 12.0 Å². The Morgan fingerprint density at radius 2 is 1.77 bits per heavy atom. The second-order valence-corrected chi connectivity index (χ2v) is 7.98. The highest BCUT2D eigenvalue weighted by atomic mass is 16.5. The molecule has 0 N–H and O–H groups in total. The summed E-state index contributed by atoms with van der Waals surface area (Å²) in [6.45, 7) is 3.42. The third kappa shape index (κ3) is 5.26. The highest BCUT2D eigenvalue weighted by molar-refractivity contribution is 5.91. The highest BCUT2D eigenvalue weighted by Crippen LogP contribution is 2.24. The fraction of sp³-hybridized carbons (Fsp3) is 0.360. The van der Waals surface area contributed by atoms with E-state index < -0.39 is 0 Å². The molecule has 1 atom stereocenters. The number of hydrogen-bond donors (Lipinski definition) is 0. The number of methoxy groups -OCH3 is 1. The largest absolute Gasteiger partial charge is 0.497 e. The Kier molecular flexibility index (Phi) is 6.55. The van der Waals surface area contributed by atoms with Crippen LogP contribution in [-0.4, -0.2) is 42.3 Å². The average molecular weight is 421 g/mol. The molecule has 6 nitrogen and oxygen atoms in total. The first-order chi connectivity index (χ1) is 15.1. The second kappa shape index (κ2) is 9.69. The number of aromatic nitrogens is 1. The molecule has 2 heterocycles. The third-order valence-electron chi connectivity index (χ3n) is 5.75. The van der Waals surface area contributed by atoms with E-state index in [1.54, 1.807) is 13.2 Å². The van der Waals surface area contributed by atoms with Crippen molar-refractivity contribution in [3.63, 3.8) is 0 Å². The van der Waals surface area contributed by atoms with Gasteiger partial charge >= 0.3 is 0 Å². The van der Waals surface area contributed by atoms with Gasteiger partial charge in [0.1, 0.15) is 17.6 Å². The summed E-state index contributed by atoms with van der Waals surface area (Å²) in [7, 11) is 1.64. The topological polar surface area (TPSA) is 64.8 Å². The van der Waals surface area contributed by atoms with Crippen molar-refractivity contribution in [2.45, 2.75) is 38.2 Å². The zero-order valence-corrected chi connectivity index (χ0v) is 18.0. The van der Waals surface area contributed by atoms with Crippen LogP contribution in [0.15, 0.2) is 65.2 Å².